The van der Waals surface area contributed by atoms with Crippen LogP contribution in [0.5, 0.6) is 17.4 Å². The van der Waals surface area contributed by atoms with Crippen LogP contribution in [0.25, 0.3) is 16.6 Å². The number of aromatic hydroxyl groups is 1. The van der Waals surface area contributed by atoms with Gasteiger partial charge in [0.15, 0.2) is 0 Å². The molecular weight excluding hydrogens is 415 g/mol. The van der Waals surface area contributed by atoms with Crippen molar-refractivity contribution < 1.29 is 27.8 Å². The lowest BCUT2D eigenvalue weighted by molar-refractivity contribution is -0.274. The molecule has 1 N–H and O–H groups in total. The lowest BCUT2D eigenvalue weighted by Crippen LogP contribution is -2.23. The molecule has 10 heteroatoms. The van der Waals surface area contributed by atoms with Crippen molar-refractivity contribution in [2.75, 3.05) is 7.11 Å². The average Bonchev–Trinajstić information content (AvgIpc) is 3.00. The van der Waals surface area contributed by atoms with E-state index in [0.717, 1.165) is 27.6 Å². The molecular formula is C21H16F3N3O4. The van der Waals surface area contributed by atoms with Crippen LogP contribution in [0.4, 0.5) is 13.2 Å². The number of methoxy groups -OCH3 is 1. The zero-order valence-corrected chi connectivity index (χ0v) is 16.1. The number of alkyl halides is 3. The van der Waals surface area contributed by atoms with Crippen molar-refractivity contribution in [2.24, 2.45) is 0 Å². The van der Waals surface area contributed by atoms with Crippen LogP contribution >= 0.6 is 0 Å². The summed E-state index contributed by atoms with van der Waals surface area (Å²) in [5.41, 5.74) is 1.04. The summed E-state index contributed by atoms with van der Waals surface area (Å²) in [7, 11) is 1.54. The molecule has 0 radical (unpaired) electrons. The summed E-state index contributed by atoms with van der Waals surface area (Å²) in [5, 5.41) is 11.1. The third kappa shape index (κ3) is 4.04. The first-order valence-corrected chi connectivity index (χ1v) is 9.05. The minimum Gasteiger partial charge on any atom is -0.494 e. The first-order valence-electron chi connectivity index (χ1n) is 9.05. The number of ether oxygens (including phenoxy) is 2. The molecule has 0 atom stereocenters. The molecule has 0 spiro atoms. The predicted octanol–water partition coefficient (Wildman–Crippen LogP) is 3.85. The van der Waals surface area contributed by atoms with Gasteiger partial charge >= 0.3 is 12.1 Å². The molecule has 0 aliphatic carbocycles. The Hall–Kier alpha value is -3.95. The van der Waals surface area contributed by atoms with Crippen LogP contribution in [-0.4, -0.2) is 32.7 Å². The number of hydrogen-bond acceptors (Lipinski definition) is 5. The molecule has 0 bridgehead atoms. The number of hydrogen-bond donors (Lipinski definition) is 1. The van der Waals surface area contributed by atoms with Crippen LogP contribution in [0, 0.1) is 0 Å². The van der Waals surface area contributed by atoms with Crippen molar-refractivity contribution >= 4 is 10.9 Å². The van der Waals surface area contributed by atoms with E-state index in [1.165, 1.54) is 30.0 Å². The first kappa shape index (κ1) is 20.3. The lowest BCUT2D eigenvalue weighted by atomic mass is 10.1. The van der Waals surface area contributed by atoms with Crippen LogP contribution in [0.15, 0.2) is 65.7 Å². The summed E-state index contributed by atoms with van der Waals surface area (Å²) in [6.07, 6.45) is -1.96. The van der Waals surface area contributed by atoms with Crippen molar-refractivity contribution in [3.8, 4) is 23.1 Å². The highest BCUT2D eigenvalue weighted by Gasteiger charge is 2.31. The van der Waals surface area contributed by atoms with E-state index >= 15 is 0 Å². The van der Waals surface area contributed by atoms with E-state index in [9.17, 15) is 23.1 Å². The fourth-order valence-corrected chi connectivity index (χ4v) is 3.32. The van der Waals surface area contributed by atoms with Crippen molar-refractivity contribution in [1.82, 2.24) is 14.1 Å². The number of halogens is 3. The number of aromatic nitrogens is 3. The largest absolute Gasteiger partial charge is 0.573 e. The predicted molar refractivity (Wildman–Crippen MR) is 106 cm³/mol. The maximum Gasteiger partial charge on any atom is 0.573 e. The van der Waals surface area contributed by atoms with Gasteiger partial charge in [-0.05, 0) is 42.0 Å². The number of rotatable bonds is 5. The van der Waals surface area contributed by atoms with E-state index in [1.54, 1.807) is 18.3 Å². The molecule has 31 heavy (non-hydrogen) atoms. The van der Waals surface area contributed by atoms with Gasteiger partial charge < -0.3 is 14.6 Å². The quantitative estimate of drug-likeness (QED) is 0.519. The highest BCUT2D eigenvalue weighted by molar-refractivity contribution is 5.87. The molecule has 0 saturated heterocycles. The monoisotopic (exact) mass is 431 g/mol. The van der Waals surface area contributed by atoms with Gasteiger partial charge in [-0.3, -0.25) is 9.55 Å². The Bertz CT molecular complexity index is 1290. The normalized spacial score (nSPS) is 11.6. The number of nitrogens with zero attached hydrogens (tertiary/aromatic N) is 3. The van der Waals surface area contributed by atoms with Gasteiger partial charge in [-0.25, -0.2) is 9.36 Å². The molecule has 4 rings (SSSR count). The van der Waals surface area contributed by atoms with Gasteiger partial charge in [0.2, 0.25) is 5.88 Å². The molecule has 0 fully saturated rings. The van der Waals surface area contributed by atoms with Crippen LogP contribution < -0.4 is 15.2 Å². The Balaban J connectivity index is 1.69. The summed E-state index contributed by atoms with van der Waals surface area (Å²) in [6, 6.07) is 11.8. The molecule has 0 saturated carbocycles. The zero-order chi connectivity index (χ0) is 22.2. The number of benzene rings is 2. The van der Waals surface area contributed by atoms with Gasteiger partial charge in [-0.15, -0.1) is 13.2 Å². The maximum absolute atomic E-state index is 12.9. The van der Waals surface area contributed by atoms with Gasteiger partial charge in [-0.1, -0.05) is 12.1 Å². The minimum atomic E-state index is -4.82. The molecule has 160 valence electrons. The van der Waals surface area contributed by atoms with E-state index in [1.807, 2.05) is 12.1 Å². The lowest BCUT2D eigenvalue weighted by Gasteiger charge is -2.10. The van der Waals surface area contributed by atoms with Crippen molar-refractivity contribution in [3.05, 3.63) is 77.0 Å². The molecule has 0 aliphatic rings. The second-order valence-electron chi connectivity index (χ2n) is 6.60. The van der Waals surface area contributed by atoms with Crippen molar-refractivity contribution in [1.29, 1.82) is 0 Å². The smallest absolute Gasteiger partial charge is 0.494 e. The van der Waals surface area contributed by atoms with Gasteiger partial charge in [-0.2, -0.15) is 0 Å². The molecule has 0 unspecified atom stereocenters. The first-order chi connectivity index (χ1) is 14.8. The highest BCUT2D eigenvalue weighted by Crippen LogP contribution is 2.27. The maximum atomic E-state index is 12.9. The van der Waals surface area contributed by atoms with E-state index in [-0.39, 0.29) is 18.1 Å². The summed E-state index contributed by atoms with van der Waals surface area (Å²) in [4.78, 5) is 17.2. The SMILES string of the molecule is COc1cccc2c(Cn3cc(O)n(-c4ccc(OC(F)(F)F)cc4)c3=O)ccnc12. The Morgan fingerprint density at radius 3 is 2.52 bits per heavy atom. The third-order valence-electron chi connectivity index (χ3n) is 4.65. The Morgan fingerprint density at radius 2 is 1.84 bits per heavy atom. The standard InChI is InChI=1S/C21H16F3N3O4/c1-30-17-4-2-3-16-13(9-10-25-19(16)17)11-26-12-18(28)27(20(26)29)14-5-7-15(8-6-14)31-21(22,23)24/h2-10,12,28H,11H2,1H3. The van der Waals surface area contributed by atoms with E-state index in [2.05, 4.69) is 9.72 Å². The van der Waals surface area contributed by atoms with Crippen LogP contribution in [-0.2, 0) is 6.54 Å². The van der Waals surface area contributed by atoms with E-state index < -0.39 is 17.8 Å². The fourth-order valence-electron chi connectivity index (χ4n) is 3.32. The Kier molecular flexibility index (Phi) is 5.05. The summed E-state index contributed by atoms with van der Waals surface area (Å²) in [6.45, 7) is 0.140. The Morgan fingerprint density at radius 1 is 1.10 bits per heavy atom. The third-order valence-corrected chi connectivity index (χ3v) is 4.65. The van der Waals surface area contributed by atoms with Gasteiger partial charge in [0, 0.05) is 11.6 Å². The molecule has 0 amide bonds. The number of pyridine rings is 1. The highest BCUT2D eigenvalue weighted by atomic mass is 19.4. The van der Waals surface area contributed by atoms with Crippen molar-refractivity contribution in [2.45, 2.75) is 12.9 Å². The molecule has 2 aromatic carbocycles. The molecule has 7 nitrogen and oxygen atoms in total. The van der Waals surface area contributed by atoms with E-state index in [0.29, 0.717) is 11.3 Å². The number of fused-ring (bicyclic) bond motifs is 1. The van der Waals surface area contributed by atoms with Gasteiger partial charge in [0.1, 0.15) is 17.0 Å². The number of para-hydroxylation sites is 1. The van der Waals surface area contributed by atoms with Crippen molar-refractivity contribution in [3.63, 3.8) is 0 Å². The molecule has 2 aromatic heterocycles. The second-order valence-corrected chi connectivity index (χ2v) is 6.60. The number of imidazole rings is 1. The second kappa shape index (κ2) is 7.71. The van der Waals surface area contributed by atoms with Crippen LogP contribution in [0.2, 0.25) is 0 Å². The van der Waals surface area contributed by atoms with Crippen LogP contribution in [0.3, 0.4) is 0 Å². The summed E-state index contributed by atoms with van der Waals surface area (Å²) >= 11 is 0. The molecule has 0 aliphatic heterocycles. The summed E-state index contributed by atoms with van der Waals surface area (Å²) < 4.78 is 48.4. The summed E-state index contributed by atoms with van der Waals surface area (Å²) in [5.74, 6) is -0.195. The fraction of sp³-hybridized carbons (Fsp3) is 0.143. The van der Waals surface area contributed by atoms with Gasteiger partial charge in [0.25, 0.3) is 0 Å². The average molecular weight is 431 g/mol. The van der Waals surface area contributed by atoms with E-state index in [4.69, 9.17) is 4.74 Å². The molecule has 2 heterocycles. The topological polar surface area (TPSA) is 78.5 Å². The van der Waals surface area contributed by atoms with Gasteiger partial charge in [0.05, 0.1) is 25.5 Å². The zero-order valence-electron chi connectivity index (χ0n) is 16.1. The van der Waals surface area contributed by atoms with Crippen LogP contribution in [0.1, 0.15) is 5.56 Å². The molecule has 4 aromatic rings. The minimum absolute atomic E-state index is 0.140. The Labute approximate surface area is 173 Å².